The molecule has 4 aromatic rings. The van der Waals surface area contributed by atoms with Crippen LogP contribution < -0.4 is 5.43 Å². The third kappa shape index (κ3) is 4.99. The second-order valence-electron chi connectivity index (χ2n) is 6.82. The molecule has 2 N–H and O–H groups in total. The van der Waals surface area contributed by atoms with Gasteiger partial charge in [-0.1, -0.05) is 66.2 Å². The second-order valence-corrected chi connectivity index (χ2v) is 7.26. The number of nitrogens with zero attached hydrogens (tertiary/aromatic N) is 3. The van der Waals surface area contributed by atoms with Crippen LogP contribution in [0.3, 0.4) is 0 Å². The normalized spacial score (nSPS) is 11.0. The fourth-order valence-electron chi connectivity index (χ4n) is 3.05. The van der Waals surface area contributed by atoms with Crippen LogP contribution in [0, 0.1) is 0 Å². The third-order valence-corrected chi connectivity index (χ3v) is 4.89. The van der Waals surface area contributed by atoms with Crippen LogP contribution >= 0.6 is 11.6 Å². The number of hydrogen-bond acceptors (Lipinski definition) is 4. The van der Waals surface area contributed by atoms with E-state index in [4.69, 9.17) is 11.6 Å². The Labute approximate surface area is 184 Å². The molecule has 4 rings (SSSR count). The molecule has 0 saturated carbocycles. The lowest BCUT2D eigenvalue weighted by Crippen LogP contribution is -2.22. The highest BCUT2D eigenvalue weighted by Gasteiger charge is 2.16. The molecule has 1 heterocycles. The van der Waals surface area contributed by atoms with Gasteiger partial charge in [0.1, 0.15) is 11.4 Å². The lowest BCUT2D eigenvalue weighted by molar-refractivity contribution is 0.0945. The molecular weight excluding hydrogens is 412 g/mol. The first-order valence-corrected chi connectivity index (χ1v) is 9.97. The molecule has 1 aromatic heterocycles. The van der Waals surface area contributed by atoms with Gasteiger partial charge in [-0.25, -0.2) is 5.43 Å². The van der Waals surface area contributed by atoms with Gasteiger partial charge in [0.25, 0.3) is 5.91 Å². The SMILES string of the molecule is O=C(N/N=C/c1ccccc1O)c1cc(-c2ccc(Cl)cc2)nn1Cc1ccccc1. The molecule has 3 aromatic carbocycles. The summed E-state index contributed by atoms with van der Waals surface area (Å²) < 4.78 is 1.64. The molecule has 0 aliphatic heterocycles. The van der Waals surface area contributed by atoms with Gasteiger partial charge in [0.05, 0.1) is 18.5 Å². The minimum absolute atomic E-state index is 0.0830. The second kappa shape index (κ2) is 9.28. The number of hydrogen-bond donors (Lipinski definition) is 2. The highest BCUT2D eigenvalue weighted by atomic mass is 35.5. The molecule has 0 radical (unpaired) electrons. The summed E-state index contributed by atoms with van der Waals surface area (Å²) in [6.45, 7) is 0.431. The van der Waals surface area contributed by atoms with E-state index in [2.05, 4.69) is 15.6 Å². The quantitative estimate of drug-likeness (QED) is 0.343. The number of aromatic hydroxyl groups is 1. The third-order valence-electron chi connectivity index (χ3n) is 4.63. The van der Waals surface area contributed by atoms with Crippen molar-refractivity contribution < 1.29 is 9.90 Å². The summed E-state index contributed by atoms with van der Waals surface area (Å²) in [5.41, 5.74) is 5.90. The molecule has 6 nitrogen and oxygen atoms in total. The van der Waals surface area contributed by atoms with Gasteiger partial charge in [-0.2, -0.15) is 10.2 Å². The van der Waals surface area contributed by atoms with Crippen LogP contribution in [0.5, 0.6) is 5.75 Å². The molecule has 0 aliphatic carbocycles. The first-order valence-electron chi connectivity index (χ1n) is 9.59. The van der Waals surface area contributed by atoms with Crippen LogP contribution in [0.2, 0.25) is 5.02 Å². The number of phenols is 1. The molecule has 154 valence electrons. The Kier molecular flexibility index (Phi) is 6.10. The zero-order chi connectivity index (χ0) is 21.6. The standard InChI is InChI=1S/C24H19ClN4O2/c25-20-12-10-18(11-13-20)21-14-22(29(28-21)16-17-6-2-1-3-7-17)24(31)27-26-15-19-8-4-5-9-23(19)30/h1-15,30H,16H2,(H,27,31)/b26-15+. The van der Waals surface area contributed by atoms with Crippen LogP contribution in [-0.4, -0.2) is 27.0 Å². The van der Waals surface area contributed by atoms with Gasteiger partial charge in [-0.05, 0) is 35.9 Å². The average Bonchev–Trinajstić information content (AvgIpc) is 3.20. The largest absolute Gasteiger partial charge is 0.507 e. The summed E-state index contributed by atoms with van der Waals surface area (Å²) in [7, 11) is 0. The van der Waals surface area contributed by atoms with Crippen molar-refractivity contribution in [1.82, 2.24) is 15.2 Å². The van der Waals surface area contributed by atoms with Gasteiger partial charge >= 0.3 is 0 Å². The highest BCUT2D eigenvalue weighted by molar-refractivity contribution is 6.30. The molecule has 7 heteroatoms. The van der Waals surface area contributed by atoms with Gasteiger partial charge in [-0.15, -0.1) is 0 Å². The number of carbonyl (C=O) groups excluding carboxylic acids is 1. The highest BCUT2D eigenvalue weighted by Crippen LogP contribution is 2.22. The van der Waals surface area contributed by atoms with Crippen molar-refractivity contribution in [2.24, 2.45) is 5.10 Å². The number of phenolic OH excluding ortho intramolecular Hbond substituents is 1. The van der Waals surface area contributed by atoms with Gasteiger partial charge in [0, 0.05) is 16.1 Å². The summed E-state index contributed by atoms with van der Waals surface area (Å²) in [6, 6.07) is 25.5. The Morgan fingerprint density at radius 2 is 1.74 bits per heavy atom. The first-order chi connectivity index (χ1) is 15.1. The number of nitrogens with one attached hydrogen (secondary N) is 1. The molecule has 0 atom stereocenters. The predicted molar refractivity (Wildman–Crippen MR) is 121 cm³/mol. The summed E-state index contributed by atoms with van der Waals surface area (Å²) >= 11 is 5.99. The topological polar surface area (TPSA) is 79.5 Å². The number of rotatable bonds is 6. The molecule has 0 saturated heterocycles. The molecule has 0 spiro atoms. The van der Waals surface area contributed by atoms with E-state index in [0.29, 0.717) is 28.5 Å². The maximum atomic E-state index is 12.9. The van der Waals surface area contributed by atoms with E-state index in [1.807, 2.05) is 42.5 Å². The maximum Gasteiger partial charge on any atom is 0.289 e. The zero-order valence-electron chi connectivity index (χ0n) is 16.4. The van der Waals surface area contributed by atoms with Crippen LogP contribution in [0.25, 0.3) is 11.3 Å². The number of aromatic nitrogens is 2. The Morgan fingerprint density at radius 1 is 1.03 bits per heavy atom. The monoisotopic (exact) mass is 430 g/mol. The fourth-order valence-corrected chi connectivity index (χ4v) is 3.18. The summed E-state index contributed by atoms with van der Waals surface area (Å²) in [5, 5.41) is 19.1. The number of benzene rings is 3. The van der Waals surface area contributed by atoms with Gasteiger partial charge < -0.3 is 5.11 Å². The number of carbonyl (C=O) groups is 1. The fraction of sp³-hybridized carbons (Fsp3) is 0.0417. The minimum atomic E-state index is -0.407. The number of hydrazone groups is 1. The molecule has 0 aliphatic rings. The summed E-state index contributed by atoms with van der Waals surface area (Å²) in [5.74, 6) is -0.324. The number of para-hydroxylation sites is 1. The van der Waals surface area contributed by atoms with E-state index in [9.17, 15) is 9.90 Å². The van der Waals surface area contributed by atoms with E-state index in [1.165, 1.54) is 6.21 Å². The predicted octanol–water partition coefficient (Wildman–Crippen LogP) is 4.72. The van der Waals surface area contributed by atoms with Crippen LogP contribution in [-0.2, 0) is 6.54 Å². The van der Waals surface area contributed by atoms with Gasteiger partial charge in [-0.3, -0.25) is 9.48 Å². The van der Waals surface area contributed by atoms with Gasteiger partial charge in [0.2, 0.25) is 0 Å². The van der Waals surface area contributed by atoms with E-state index in [-0.39, 0.29) is 5.75 Å². The zero-order valence-corrected chi connectivity index (χ0v) is 17.2. The smallest absolute Gasteiger partial charge is 0.289 e. The van der Waals surface area contributed by atoms with Crippen molar-refractivity contribution in [2.75, 3.05) is 0 Å². The Hall–Kier alpha value is -3.90. The van der Waals surface area contributed by atoms with E-state index >= 15 is 0 Å². The molecule has 31 heavy (non-hydrogen) atoms. The van der Waals surface area contributed by atoms with Crippen molar-refractivity contribution in [3.05, 3.63) is 107 Å². The van der Waals surface area contributed by atoms with E-state index in [1.54, 1.807) is 47.1 Å². The Morgan fingerprint density at radius 3 is 2.48 bits per heavy atom. The van der Waals surface area contributed by atoms with E-state index in [0.717, 1.165) is 11.1 Å². The van der Waals surface area contributed by atoms with Crippen LogP contribution in [0.15, 0.2) is 90.0 Å². The molecule has 0 bridgehead atoms. The maximum absolute atomic E-state index is 12.9. The lowest BCUT2D eigenvalue weighted by atomic mass is 10.1. The van der Waals surface area contributed by atoms with E-state index < -0.39 is 5.91 Å². The Balaban J connectivity index is 1.61. The molecule has 1 amide bonds. The molecule has 0 fully saturated rings. The molecular formula is C24H19ClN4O2. The van der Waals surface area contributed by atoms with Crippen LogP contribution in [0.4, 0.5) is 0 Å². The van der Waals surface area contributed by atoms with Crippen molar-refractivity contribution in [3.63, 3.8) is 0 Å². The number of amides is 1. The summed E-state index contributed by atoms with van der Waals surface area (Å²) in [6.07, 6.45) is 1.39. The van der Waals surface area contributed by atoms with Crippen molar-refractivity contribution >= 4 is 23.7 Å². The first kappa shape index (κ1) is 20.4. The Bertz CT molecular complexity index is 1220. The average molecular weight is 431 g/mol. The van der Waals surface area contributed by atoms with Crippen LogP contribution in [0.1, 0.15) is 21.6 Å². The molecule has 0 unspecified atom stereocenters. The van der Waals surface area contributed by atoms with Crippen molar-refractivity contribution in [1.29, 1.82) is 0 Å². The number of halogens is 1. The van der Waals surface area contributed by atoms with Crippen molar-refractivity contribution in [3.8, 4) is 17.0 Å². The summed E-state index contributed by atoms with van der Waals surface area (Å²) in [4.78, 5) is 12.9. The lowest BCUT2D eigenvalue weighted by Gasteiger charge is -2.06. The van der Waals surface area contributed by atoms with Crippen molar-refractivity contribution in [2.45, 2.75) is 6.54 Å². The van der Waals surface area contributed by atoms with Gasteiger partial charge in [0.15, 0.2) is 0 Å². The minimum Gasteiger partial charge on any atom is -0.507 e.